The van der Waals surface area contributed by atoms with Crippen LogP contribution in [-0.4, -0.2) is 22.7 Å². The molecule has 0 unspecified atom stereocenters. The van der Waals surface area contributed by atoms with Crippen molar-refractivity contribution in [1.29, 1.82) is 5.26 Å². The van der Waals surface area contributed by atoms with E-state index >= 15 is 0 Å². The SMILES string of the molecule is C=CCOc1ccc(Br)cc1/C=C1/SC(=O)N(Cc2ccccc2C#N)C1=O. The first-order chi connectivity index (χ1) is 13.5. The third-order valence-electron chi connectivity index (χ3n) is 3.95. The third kappa shape index (κ3) is 4.35. The van der Waals surface area contributed by atoms with Crippen molar-refractivity contribution in [1.82, 2.24) is 4.90 Å². The summed E-state index contributed by atoms with van der Waals surface area (Å²) in [4.78, 5) is 26.7. The Labute approximate surface area is 175 Å². The molecule has 1 saturated heterocycles. The summed E-state index contributed by atoms with van der Waals surface area (Å²) in [6, 6.07) is 14.4. The predicted octanol–water partition coefficient (Wildman–Crippen LogP) is 5.12. The van der Waals surface area contributed by atoms with Crippen LogP contribution in [0.25, 0.3) is 6.08 Å². The molecule has 3 rings (SSSR count). The summed E-state index contributed by atoms with van der Waals surface area (Å²) in [7, 11) is 0. The molecule has 0 saturated carbocycles. The maximum Gasteiger partial charge on any atom is 0.293 e. The zero-order valence-corrected chi connectivity index (χ0v) is 17.1. The summed E-state index contributed by atoms with van der Waals surface area (Å²) < 4.78 is 6.45. The molecule has 2 aromatic carbocycles. The maximum absolute atomic E-state index is 12.8. The lowest BCUT2D eigenvalue weighted by molar-refractivity contribution is -0.123. The number of rotatable bonds is 6. The zero-order chi connectivity index (χ0) is 20.1. The Morgan fingerprint density at radius 3 is 2.79 bits per heavy atom. The highest BCUT2D eigenvalue weighted by atomic mass is 79.9. The normalized spacial score (nSPS) is 15.0. The van der Waals surface area contributed by atoms with Gasteiger partial charge in [0, 0.05) is 10.0 Å². The van der Waals surface area contributed by atoms with E-state index in [0.717, 1.165) is 21.1 Å². The van der Waals surface area contributed by atoms with Crippen molar-refractivity contribution in [3.8, 4) is 11.8 Å². The molecule has 2 amide bonds. The molecular weight excluding hydrogens is 440 g/mol. The molecule has 2 aromatic rings. The monoisotopic (exact) mass is 454 g/mol. The largest absolute Gasteiger partial charge is 0.489 e. The Kier molecular flexibility index (Phi) is 6.34. The number of halogens is 1. The van der Waals surface area contributed by atoms with Crippen LogP contribution in [0.2, 0.25) is 0 Å². The number of amides is 2. The van der Waals surface area contributed by atoms with Crippen molar-refractivity contribution in [3.05, 3.63) is 81.2 Å². The molecule has 1 aliphatic heterocycles. The van der Waals surface area contributed by atoms with Crippen molar-refractivity contribution in [3.63, 3.8) is 0 Å². The fraction of sp³-hybridized carbons (Fsp3) is 0.0952. The lowest BCUT2D eigenvalue weighted by Crippen LogP contribution is -2.27. The Morgan fingerprint density at radius 1 is 1.25 bits per heavy atom. The number of hydrogen-bond donors (Lipinski definition) is 0. The number of carbonyl (C=O) groups excluding carboxylic acids is 2. The number of thioether (sulfide) groups is 1. The quantitative estimate of drug-likeness (QED) is 0.447. The Balaban J connectivity index is 1.89. The molecule has 0 aliphatic carbocycles. The molecule has 0 atom stereocenters. The van der Waals surface area contributed by atoms with Crippen LogP contribution >= 0.6 is 27.7 Å². The minimum atomic E-state index is -0.391. The average molecular weight is 455 g/mol. The van der Waals surface area contributed by atoms with Gasteiger partial charge in [-0.25, -0.2) is 0 Å². The number of nitriles is 1. The second-order valence-corrected chi connectivity index (χ2v) is 7.73. The topological polar surface area (TPSA) is 70.4 Å². The van der Waals surface area contributed by atoms with Crippen molar-refractivity contribution in [2.24, 2.45) is 0 Å². The van der Waals surface area contributed by atoms with Crippen LogP contribution in [0.1, 0.15) is 16.7 Å². The van der Waals surface area contributed by atoms with E-state index in [0.29, 0.717) is 34.0 Å². The number of imide groups is 1. The van der Waals surface area contributed by atoms with Gasteiger partial charge in [0.15, 0.2) is 0 Å². The van der Waals surface area contributed by atoms with Crippen molar-refractivity contribution < 1.29 is 14.3 Å². The summed E-state index contributed by atoms with van der Waals surface area (Å²) >= 11 is 4.28. The molecule has 140 valence electrons. The molecule has 0 aromatic heterocycles. The van der Waals surface area contributed by atoms with Gasteiger partial charge < -0.3 is 4.74 Å². The molecule has 0 radical (unpaired) electrons. The van der Waals surface area contributed by atoms with E-state index in [1.807, 2.05) is 12.1 Å². The zero-order valence-electron chi connectivity index (χ0n) is 14.7. The van der Waals surface area contributed by atoms with Gasteiger partial charge in [-0.1, -0.05) is 46.8 Å². The number of nitrogens with zero attached hydrogens (tertiary/aromatic N) is 2. The first-order valence-corrected chi connectivity index (χ1v) is 9.91. The maximum atomic E-state index is 12.8. The lowest BCUT2D eigenvalue weighted by Gasteiger charge is -2.13. The van der Waals surface area contributed by atoms with E-state index in [1.54, 1.807) is 42.5 Å². The van der Waals surface area contributed by atoms with Crippen LogP contribution < -0.4 is 4.74 Å². The summed E-state index contributed by atoms with van der Waals surface area (Å²) in [5.41, 5.74) is 1.75. The van der Waals surface area contributed by atoms with Gasteiger partial charge in [0.05, 0.1) is 23.1 Å². The van der Waals surface area contributed by atoms with Crippen LogP contribution in [0.5, 0.6) is 5.75 Å². The average Bonchev–Trinajstić information content (AvgIpc) is 2.95. The van der Waals surface area contributed by atoms with Gasteiger partial charge in [0.2, 0.25) is 0 Å². The van der Waals surface area contributed by atoms with E-state index in [1.165, 1.54) is 0 Å². The Morgan fingerprint density at radius 2 is 2.04 bits per heavy atom. The minimum absolute atomic E-state index is 0.0596. The van der Waals surface area contributed by atoms with Gasteiger partial charge in [-0.15, -0.1) is 0 Å². The van der Waals surface area contributed by atoms with Crippen LogP contribution in [0.15, 0.2) is 64.5 Å². The first-order valence-electron chi connectivity index (χ1n) is 8.30. The second kappa shape index (κ2) is 8.91. The van der Waals surface area contributed by atoms with E-state index in [9.17, 15) is 14.9 Å². The van der Waals surface area contributed by atoms with Crippen LogP contribution in [-0.2, 0) is 11.3 Å². The first kappa shape index (κ1) is 19.9. The molecular formula is C21H15BrN2O3S. The number of carbonyl (C=O) groups is 2. The van der Waals surface area contributed by atoms with Crippen molar-refractivity contribution in [2.45, 2.75) is 6.54 Å². The van der Waals surface area contributed by atoms with E-state index < -0.39 is 5.91 Å². The molecule has 5 nitrogen and oxygen atoms in total. The van der Waals surface area contributed by atoms with Crippen LogP contribution in [0.3, 0.4) is 0 Å². The number of benzene rings is 2. The highest BCUT2D eigenvalue weighted by molar-refractivity contribution is 9.10. The van der Waals surface area contributed by atoms with E-state index in [-0.39, 0.29) is 11.8 Å². The Hall–Kier alpha value is -2.82. The highest BCUT2D eigenvalue weighted by Gasteiger charge is 2.35. The van der Waals surface area contributed by atoms with Gasteiger partial charge in [0.1, 0.15) is 12.4 Å². The smallest absolute Gasteiger partial charge is 0.293 e. The van der Waals surface area contributed by atoms with Crippen molar-refractivity contribution in [2.75, 3.05) is 6.61 Å². The number of ether oxygens (including phenoxy) is 1. The van der Waals surface area contributed by atoms with Gasteiger partial charge in [-0.3, -0.25) is 14.5 Å². The van der Waals surface area contributed by atoms with Crippen LogP contribution in [0, 0.1) is 11.3 Å². The molecule has 1 heterocycles. The lowest BCUT2D eigenvalue weighted by atomic mass is 10.1. The summed E-state index contributed by atoms with van der Waals surface area (Å²) in [5.74, 6) is 0.196. The molecule has 7 heteroatoms. The second-order valence-electron chi connectivity index (χ2n) is 5.82. The van der Waals surface area contributed by atoms with Gasteiger partial charge >= 0.3 is 0 Å². The molecule has 0 spiro atoms. The van der Waals surface area contributed by atoms with Crippen LogP contribution in [0.4, 0.5) is 4.79 Å². The van der Waals surface area contributed by atoms with Gasteiger partial charge in [0.25, 0.3) is 11.1 Å². The van der Waals surface area contributed by atoms with Crippen molar-refractivity contribution >= 4 is 44.9 Å². The van der Waals surface area contributed by atoms with Gasteiger partial charge in [-0.2, -0.15) is 5.26 Å². The molecule has 0 bridgehead atoms. The standard InChI is InChI=1S/C21H15BrN2O3S/c1-2-9-27-18-8-7-17(22)10-16(18)11-19-20(25)24(21(26)28-19)13-15-6-4-3-5-14(15)12-23/h2-8,10-11H,1,9,13H2/b19-11+. The minimum Gasteiger partial charge on any atom is -0.489 e. The summed E-state index contributed by atoms with van der Waals surface area (Å²) in [6.45, 7) is 4.02. The highest BCUT2D eigenvalue weighted by Crippen LogP contribution is 2.35. The van der Waals surface area contributed by atoms with E-state index in [2.05, 4.69) is 28.6 Å². The fourth-order valence-corrected chi connectivity index (χ4v) is 3.84. The summed E-state index contributed by atoms with van der Waals surface area (Å²) in [6.07, 6.45) is 3.27. The predicted molar refractivity (Wildman–Crippen MR) is 113 cm³/mol. The van der Waals surface area contributed by atoms with E-state index in [4.69, 9.17) is 4.74 Å². The third-order valence-corrected chi connectivity index (χ3v) is 5.36. The molecule has 28 heavy (non-hydrogen) atoms. The molecule has 0 N–H and O–H groups in total. The Bertz CT molecular complexity index is 1030. The number of hydrogen-bond acceptors (Lipinski definition) is 5. The summed E-state index contributed by atoms with van der Waals surface area (Å²) in [5, 5.41) is 8.85. The molecule has 1 fully saturated rings. The van der Waals surface area contributed by atoms with Gasteiger partial charge in [-0.05, 0) is 47.7 Å². The fourth-order valence-electron chi connectivity index (χ4n) is 2.63. The molecule has 1 aliphatic rings.